The maximum absolute atomic E-state index is 11.9. The summed E-state index contributed by atoms with van der Waals surface area (Å²) in [7, 11) is 0. The van der Waals surface area contributed by atoms with Crippen molar-refractivity contribution in [2.24, 2.45) is 0 Å². The molecule has 0 aromatic heterocycles. The second-order valence-electron chi connectivity index (χ2n) is 5.81. The first-order valence-electron chi connectivity index (χ1n) is 7.50. The van der Waals surface area contributed by atoms with E-state index in [4.69, 9.17) is 0 Å². The first-order valence-corrected chi connectivity index (χ1v) is 7.50. The summed E-state index contributed by atoms with van der Waals surface area (Å²) in [6.07, 6.45) is 2.41. The summed E-state index contributed by atoms with van der Waals surface area (Å²) in [6, 6.07) is 7.99. The number of nitrogens with zero attached hydrogens (tertiary/aromatic N) is 1. The molecule has 0 bridgehead atoms. The lowest BCUT2D eigenvalue weighted by Crippen LogP contribution is -2.39. The summed E-state index contributed by atoms with van der Waals surface area (Å²) in [5, 5.41) is 11.9. The van der Waals surface area contributed by atoms with Crippen LogP contribution < -0.4 is 10.2 Å². The van der Waals surface area contributed by atoms with Crippen LogP contribution in [-0.4, -0.2) is 36.1 Å². The van der Waals surface area contributed by atoms with Crippen molar-refractivity contribution in [1.82, 2.24) is 5.32 Å². The summed E-state index contributed by atoms with van der Waals surface area (Å²) >= 11 is 0. The predicted molar refractivity (Wildman–Crippen MR) is 79.0 cm³/mol. The molecule has 1 aromatic rings. The fraction of sp³-hybridized carbons (Fsp3) is 0.500. The number of benzene rings is 1. The van der Waals surface area contributed by atoms with Crippen LogP contribution in [0, 0.1) is 0 Å². The molecule has 2 saturated heterocycles. The van der Waals surface area contributed by atoms with E-state index in [0.29, 0.717) is 12.8 Å². The van der Waals surface area contributed by atoms with Crippen molar-refractivity contribution < 1.29 is 14.7 Å². The molecule has 2 amide bonds. The number of anilines is 1. The summed E-state index contributed by atoms with van der Waals surface area (Å²) in [4.78, 5) is 25.3. The van der Waals surface area contributed by atoms with Crippen LogP contribution in [0.1, 0.15) is 37.2 Å². The summed E-state index contributed by atoms with van der Waals surface area (Å²) in [6.45, 7) is 1.72. The van der Waals surface area contributed by atoms with Crippen LogP contribution in [0.3, 0.4) is 0 Å². The van der Waals surface area contributed by atoms with E-state index in [-0.39, 0.29) is 23.8 Å². The molecular formula is C16H20N2O3. The van der Waals surface area contributed by atoms with Crippen LogP contribution in [0.25, 0.3) is 0 Å². The molecule has 21 heavy (non-hydrogen) atoms. The van der Waals surface area contributed by atoms with Gasteiger partial charge in [0.1, 0.15) is 0 Å². The van der Waals surface area contributed by atoms with E-state index >= 15 is 0 Å². The molecule has 0 radical (unpaired) electrons. The Bertz CT molecular complexity index is 533. The smallest absolute Gasteiger partial charge is 0.234 e. The zero-order chi connectivity index (χ0) is 14.8. The van der Waals surface area contributed by atoms with Crippen LogP contribution in [-0.2, 0) is 9.59 Å². The number of aliphatic hydroxyl groups excluding tert-OH is 1. The van der Waals surface area contributed by atoms with Crippen molar-refractivity contribution in [3.05, 3.63) is 29.8 Å². The van der Waals surface area contributed by atoms with Gasteiger partial charge in [-0.05, 0) is 37.0 Å². The number of nitrogens with one attached hydrogen (secondary N) is 1. The van der Waals surface area contributed by atoms with E-state index in [9.17, 15) is 14.7 Å². The van der Waals surface area contributed by atoms with Gasteiger partial charge in [-0.15, -0.1) is 0 Å². The Morgan fingerprint density at radius 2 is 1.71 bits per heavy atom. The van der Waals surface area contributed by atoms with Gasteiger partial charge in [0.05, 0.1) is 12.0 Å². The van der Waals surface area contributed by atoms with Gasteiger partial charge in [0.25, 0.3) is 0 Å². The first-order chi connectivity index (χ1) is 10.1. The number of rotatable bonds is 2. The number of carbonyl (C=O) groups is 2. The Balaban J connectivity index is 1.69. The molecular weight excluding hydrogens is 268 g/mol. The van der Waals surface area contributed by atoms with Crippen molar-refractivity contribution in [3.63, 3.8) is 0 Å². The number of carbonyl (C=O) groups excluding carboxylic acids is 2. The molecule has 0 aliphatic carbocycles. The fourth-order valence-electron chi connectivity index (χ4n) is 3.05. The van der Waals surface area contributed by atoms with E-state index in [1.807, 2.05) is 24.3 Å². The highest BCUT2D eigenvalue weighted by Gasteiger charge is 2.28. The lowest BCUT2D eigenvalue weighted by Gasteiger charge is -2.31. The summed E-state index contributed by atoms with van der Waals surface area (Å²) in [5.74, 6) is -0.597. The molecule has 112 valence electrons. The number of hydrogen-bond donors (Lipinski definition) is 2. The van der Waals surface area contributed by atoms with Gasteiger partial charge < -0.3 is 10.0 Å². The molecule has 2 heterocycles. The second kappa shape index (κ2) is 5.85. The second-order valence-corrected chi connectivity index (χ2v) is 5.81. The standard InChI is InChI=1S/C16H20N2O3/c19-13-7-9-18(10-8-13)12-3-1-11(2-4-12)14-5-6-15(20)17-16(14)21/h1-4,13-14,19H,5-10H2,(H,17,20,21). The van der Waals surface area contributed by atoms with Crippen molar-refractivity contribution >= 4 is 17.5 Å². The van der Waals surface area contributed by atoms with Gasteiger partial charge in [-0.25, -0.2) is 0 Å². The maximum Gasteiger partial charge on any atom is 0.234 e. The van der Waals surface area contributed by atoms with E-state index in [0.717, 1.165) is 37.2 Å². The van der Waals surface area contributed by atoms with Crippen molar-refractivity contribution in [3.8, 4) is 0 Å². The first kappa shape index (κ1) is 14.1. The Labute approximate surface area is 123 Å². The minimum absolute atomic E-state index is 0.177. The third kappa shape index (κ3) is 3.08. The van der Waals surface area contributed by atoms with E-state index < -0.39 is 0 Å². The largest absolute Gasteiger partial charge is 0.393 e. The molecule has 2 N–H and O–H groups in total. The Hall–Kier alpha value is -1.88. The number of aliphatic hydroxyl groups is 1. The third-order valence-electron chi connectivity index (χ3n) is 4.36. The Kier molecular flexibility index (Phi) is 3.92. The molecule has 2 fully saturated rings. The van der Waals surface area contributed by atoms with Crippen LogP contribution in [0.4, 0.5) is 5.69 Å². The highest BCUT2D eigenvalue weighted by Crippen LogP contribution is 2.27. The molecule has 1 aromatic carbocycles. The lowest BCUT2D eigenvalue weighted by atomic mass is 9.90. The van der Waals surface area contributed by atoms with Crippen LogP contribution >= 0.6 is 0 Å². The molecule has 5 heteroatoms. The molecule has 1 atom stereocenters. The predicted octanol–water partition coefficient (Wildman–Crippen LogP) is 1.17. The summed E-state index contributed by atoms with van der Waals surface area (Å²) < 4.78 is 0. The Morgan fingerprint density at radius 1 is 1.05 bits per heavy atom. The average Bonchev–Trinajstić information content (AvgIpc) is 2.48. The lowest BCUT2D eigenvalue weighted by molar-refractivity contribution is -0.134. The number of piperidine rings is 2. The molecule has 3 rings (SSSR count). The van der Waals surface area contributed by atoms with Crippen molar-refractivity contribution in [2.75, 3.05) is 18.0 Å². The average molecular weight is 288 g/mol. The topological polar surface area (TPSA) is 69.6 Å². The van der Waals surface area contributed by atoms with E-state index in [1.165, 1.54) is 0 Å². The zero-order valence-corrected chi connectivity index (χ0v) is 11.9. The van der Waals surface area contributed by atoms with Crippen molar-refractivity contribution in [1.29, 1.82) is 0 Å². The molecule has 0 spiro atoms. The quantitative estimate of drug-likeness (QED) is 0.802. The van der Waals surface area contributed by atoms with Gasteiger partial charge in [0, 0.05) is 25.2 Å². The van der Waals surface area contributed by atoms with E-state index in [1.54, 1.807) is 0 Å². The van der Waals surface area contributed by atoms with Crippen LogP contribution in [0.2, 0.25) is 0 Å². The molecule has 5 nitrogen and oxygen atoms in total. The number of imide groups is 1. The van der Waals surface area contributed by atoms with Gasteiger partial charge in [-0.1, -0.05) is 12.1 Å². The minimum Gasteiger partial charge on any atom is -0.393 e. The molecule has 2 aliphatic heterocycles. The van der Waals surface area contributed by atoms with E-state index in [2.05, 4.69) is 10.2 Å². The van der Waals surface area contributed by atoms with Gasteiger partial charge in [0.2, 0.25) is 11.8 Å². The highest BCUT2D eigenvalue weighted by molar-refractivity contribution is 6.00. The van der Waals surface area contributed by atoms with Gasteiger partial charge in [0.15, 0.2) is 0 Å². The fourth-order valence-corrected chi connectivity index (χ4v) is 3.05. The Morgan fingerprint density at radius 3 is 2.33 bits per heavy atom. The van der Waals surface area contributed by atoms with Gasteiger partial charge >= 0.3 is 0 Å². The minimum atomic E-state index is -0.222. The monoisotopic (exact) mass is 288 g/mol. The number of hydrogen-bond acceptors (Lipinski definition) is 4. The van der Waals surface area contributed by atoms with Crippen LogP contribution in [0.15, 0.2) is 24.3 Å². The summed E-state index contributed by atoms with van der Waals surface area (Å²) in [5.41, 5.74) is 2.08. The van der Waals surface area contributed by atoms with Gasteiger partial charge in [-0.2, -0.15) is 0 Å². The number of amides is 2. The van der Waals surface area contributed by atoms with Crippen molar-refractivity contribution in [2.45, 2.75) is 37.7 Å². The third-order valence-corrected chi connectivity index (χ3v) is 4.36. The van der Waals surface area contributed by atoms with Crippen LogP contribution in [0.5, 0.6) is 0 Å². The highest BCUT2D eigenvalue weighted by atomic mass is 16.3. The molecule has 2 aliphatic rings. The SMILES string of the molecule is O=C1CCC(c2ccc(N3CCC(O)CC3)cc2)C(=O)N1. The van der Waals surface area contributed by atoms with Gasteiger partial charge in [-0.3, -0.25) is 14.9 Å². The zero-order valence-electron chi connectivity index (χ0n) is 11.9. The molecule has 1 unspecified atom stereocenters. The molecule has 0 saturated carbocycles. The normalized spacial score (nSPS) is 24.0. The maximum atomic E-state index is 11.9.